The van der Waals surface area contributed by atoms with Crippen molar-refractivity contribution < 1.29 is 4.79 Å². The summed E-state index contributed by atoms with van der Waals surface area (Å²) in [6.07, 6.45) is 1.55. The van der Waals surface area contributed by atoms with E-state index >= 15 is 0 Å². The molecule has 0 spiro atoms. The van der Waals surface area contributed by atoms with Gasteiger partial charge in [-0.05, 0) is 12.1 Å². The summed E-state index contributed by atoms with van der Waals surface area (Å²) < 4.78 is 1.54. The fourth-order valence-electron chi connectivity index (χ4n) is 1.21. The number of carbonyl (C=O) groups excluding carboxylic acids is 1. The maximum absolute atomic E-state index is 11.0. The molecular weight excluding hydrogens is 152 g/mol. The minimum atomic E-state index is -0.0105. The molecule has 0 aliphatic rings. The van der Waals surface area contributed by atoms with Crippen LogP contribution >= 0.6 is 0 Å². The van der Waals surface area contributed by atoms with E-state index in [1.54, 1.807) is 6.33 Å². The second-order valence-corrected chi connectivity index (χ2v) is 2.62. The SMILES string of the molecule is CC(=O)n1cnc2ccccc21. The van der Waals surface area contributed by atoms with Gasteiger partial charge in [-0.25, -0.2) is 4.98 Å². The van der Waals surface area contributed by atoms with Crippen molar-refractivity contribution in [1.82, 2.24) is 9.55 Å². The molecule has 0 amide bonds. The van der Waals surface area contributed by atoms with Gasteiger partial charge in [-0.2, -0.15) is 0 Å². The van der Waals surface area contributed by atoms with Crippen LogP contribution in [0.4, 0.5) is 0 Å². The molecule has 0 bridgehead atoms. The fraction of sp³-hybridized carbons (Fsp3) is 0.111. The third-order valence-electron chi connectivity index (χ3n) is 1.79. The van der Waals surface area contributed by atoms with Gasteiger partial charge >= 0.3 is 0 Å². The minimum Gasteiger partial charge on any atom is -0.274 e. The molecule has 60 valence electrons. The quantitative estimate of drug-likeness (QED) is 0.587. The first-order chi connectivity index (χ1) is 5.79. The summed E-state index contributed by atoms with van der Waals surface area (Å²) in [7, 11) is 0. The number of rotatable bonds is 0. The van der Waals surface area contributed by atoms with Gasteiger partial charge in [-0.1, -0.05) is 12.1 Å². The molecule has 12 heavy (non-hydrogen) atoms. The van der Waals surface area contributed by atoms with E-state index in [2.05, 4.69) is 4.98 Å². The lowest BCUT2D eigenvalue weighted by Gasteiger charge is -1.94. The molecule has 0 radical (unpaired) electrons. The summed E-state index contributed by atoms with van der Waals surface area (Å²) in [6, 6.07) is 7.56. The first kappa shape index (κ1) is 7.03. The van der Waals surface area contributed by atoms with Gasteiger partial charge in [0, 0.05) is 6.92 Å². The van der Waals surface area contributed by atoms with Crippen molar-refractivity contribution in [2.75, 3.05) is 0 Å². The van der Waals surface area contributed by atoms with Crippen LogP contribution in [-0.4, -0.2) is 15.5 Å². The predicted molar refractivity (Wildman–Crippen MR) is 46.0 cm³/mol. The summed E-state index contributed by atoms with van der Waals surface area (Å²) >= 11 is 0. The van der Waals surface area contributed by atoms with E-state index in [4.69, 9.17) is 0 Å². The Bertz CT molecular complexity index is 431. The number of aromatic nitrogens is 2. The van der Waals surface area contributed by atoms with Crippen LogP contribution in [0.3, 0.4) is 0 Å². The Labute approximate surface area is 69.6 Å². The number of fused-ring (bicyclic) bond motifs is 1. The maximum Gasteiger partial charge on any atom is 0.229 e. The topological polar surface area (TPSA) is 34.9 Å². The molecule has 0 aliphatic heterocycles. The van der Waals surface area contributed by atoms with Crippen molar-refractivity contribution in [2.24, 2.45) is 0 Å². The molecule has 3 nitrogen and oxygen atoms in total. The number of imidazole rings is 1. The molecule has 0 atom stereocenters. The van der Waals surface area contributed by atoms with Gasteiger partial charge in [0.2, 0.25) is 5.91 Å². The van der Waals surface area contributed by atoms with Crippen LogP contribution in [0.25, 0.3) is 11.0 Å². The molecule has 0 aliphatic carbocycles. The van der Waals surface area contributed by atoms with Crippen LogP contribution in [0.15, 0.2) is 30.6 Å². The smallest absolute Gasteiger partial charge is 0.229 e. The highest BCUT2D eigenvalue weighted by atomic mass is 16.1. The van der Waals surface area contributed by atoms with Crippen LogP contribution in [-0.2, 0) is 0 Å². The van der Waals surface area contributed by atoms with Crippen molar-refractivity contribution in [2.45, 2.75) is 6.92 Å². The zero-order chi connectivity index (χ0) is 8.55. The van der Waals surface area contributed by atoms with Crippen LogP contribution in [0, 0.1) is 0 Å². The molecule has 2 aromatic rings. The van der Waals surface area contributed by atoms with Gasteiger partial charge in [0.25, 0.3) is 0 Å². The Balaban J connectivity index is 2.79. The van der Waals surface area contributed by atoms with Crippen LogP contribution in [0.2, 0.25) is 0 Å². The summed E-state index contributed by atoms with van der Waals surface area (Å²) in [5, 5.41) is 0. The maximum atomic E-state index is 11.0. The number of para-hydroxylation sites is 2. The van der Waals surface area contributed by atoms with Gasteiger partial charge in [0.05, 0.1) is 11.0 Å². The second kappa shape index (κ2) is 2.44. The lowest BCUT2D eigenvalue weighted by atomic mass is 10.3. The molecule has 0 saturated carbocycles. The molecular formula is C9H8N2O. The highest BCUT2D eigenvalue weighted by molar-refractivity contribution is 5.88. The van der Waals surface area contributed by atoms with Gasteiger partial charge < -0.3 is 0 Å². The van der Waals surface area contributed by atoms with E-state index < -0.39 is 0 Å². The molecule has 0 fully saturated rings. The average molecular weight is 160 g/mol. The molecule has 2 rings (SSSR count). The third-order valence-corrected chi connectivity index (χ3v) is 1.79. The van der Waals surface area contributed by atoms with E-state index in [1.165, 1.54) is 11.5 Å². The third kappa shape index (κ3) is 0.906. The van der Waals surface area contributed by atoms with E-state index in [1.807, 2.05) is 24.3 Å². The van der Waals surface area contributed by atoms with E-state index in [9.17, 15) is 4.79 Å². The van der Waals surface area contributed by atoms with E-state index in [-0.39, 0.29) is 5.91 Å². The van der Waals surface area contributed by atoms with Crippen molar-refractivity contribution in [1.29, 1.82) is 0 Å². The number of carbonyl (C=O) groups is 1. The summed E-state index contributed by atoms with van der Waals surface area (Å²) in [6.45, 7) is 1.52. The second-order valence-electron chi connectivity index (χ2n) is 2.62. The molecule has 1 aromatic carbocycles. The van der Waals surface area contributed by atoms with Crippen molar-refractivity contribution in [3.05, 3.63) is 30.6 Å². The van der Waals surface area contributed by atoms with Crippen LogP contribution in [0.1, 0.15) is 11.7 Å². The predicted octanol–water partition coefficient (Wildman–Crippen LogP) is 1.70. The number of hydrogen-bond acceptors (Lipinski definition) is 2. The first-order valence-electron chi connectivity index (χ1n) is 3.72. The Morgan fingerprint density at radius 1 is 1.42 bits per heavy atom. The fourth-order valence-corrected chi connectivity index (χ4v) is 1.21. The highest BCUT2D eigenvalue weighted by Crippen LogP contribution is 2.10. The average Bonchev–Trinajstić information content (AvgIpc) is 2.47. The zero-order valence-electron chi connectivity index (χ0n) is 6.69. The van der Waals surface area contributed by atoms with E-state index in [0.717, 1.165) is 11.0 Å². The molecule has 0 N–H and O–H groups in total. The van der Waals surface area contributed by atoms with Crippen molar-refractivity contribution in [3.8, 4) is 0 Å². The number of hydrogen-bond donors (Lipinski definition) is 0. The van der Waals surface area contributed by atoms with Crippen LogP contribution in [0.5, 0.6) is 0 Å². The van der Waals surface area contributed by atoms with Crippen LogP contribution < -0.4 is 0 Å². The minimum absolute atomic E-state index is 0.0105. The van der Waals surface area contributed by atoms with Gasteiger partial charge in [-0.3, -0.25) is 9.36 Å². The standard InChI is InChI=1S/C9H8N2O/c1-7(12)11-6-10-8-4-2-3-5-9(8)11/h2-6H,1H3. The van der Waals surface area contributed by atoms with E-state index in [0.29, 0.717) is 0 Å². The zero-order valence-corrected chi connectivity index (χ0v) is 6.69. The Morgan fingerprint density at radius 2 is 2.17 bits per heavy atom. The summed E-state index contributed by atoms with van der Waals surface area (Å²) in [5.41, 5.74) is 1.72. The van der Waals surface area contributed by atoms with Gasteiger partial charge in [0.15, 0.2) is 0 Å². The Kier molecular flexibility index (Phi) is 1.43. The van der Waals surface area contributed by atoms with Crippen molar-refractivity contribution >= 4 is 16.9 Å². The highest BCUT2D eigenvalue weighted by Gasteiger charge is 2.03. The number of benzene rings is 1. The monoisotopic (exact) mass is 160 g/mol. The first-order valence-corrected chi connectivity index (χ1v) is 3.72. The van der Waals surface area contributed by atoms with Crippen molar-refractivity contribution in [3.63, 3.8) is 0 Å². The molecule has 1 heterocycles. The largest absolute Gasteiger partial charge is 0.274 e. The lowest BCUT2D eigenvalue weighted by Crippen LogP contribution is -2.02. The molecule has 1 aromatic heterocycles. The van der Waals surface area contributed by atoms with Gasteiger partial charge in [0.1, 0.15) is 6.33 Å². The molecule has 0 saturated heterocycles. The normalized spacial score (nSPS) is 10.4. The Morgan fingerprint density at radius 3 is 2.92 bits per heavy atom. The Hall–Kier alpha value is -1.64. The molecule has 0 unspecified atom stereocenters. The van der Waals surface area contributed by atoms with Gasteiger partial charge in [-0.15, -0.1) is 0 Å². The summed E-state index contributed by atoms with van der Waals surface area (Å²) in [5.74, 6) is -0.0105. The lowest BCUT2D eigenvalue weighted by molar-refractivity contribution is 0.0941. The summed E-state index contributed by atoms with van der Waals surface area (Å²) in [4.78, 5) is 15.1. The molecule has 3 heteroatoms. The number of nitrogens with zero attached hydrogens (tertiary/aromatic N) is 2.